The van der Waals surface area contributed by atoms with Crippen molar-refractivity contribution in [2.45, 2.75) is 6.92 Å². The number of ether oxygens (including phenoxy) is 2. The molecule has 0 atom stereocenters. The van der Waals surface area contributed by atoms with Gasteiger partial charge in [-0.05, 0) is 13.0 Å². The van der Waals surface area contributed by atoms with Crippen molar-refractivity contribution in [3.8, 4) is 11.8 Å². The van der Waals surface area contributed by atoms with Gasteiger partial charge in [-0.1, -0.05) is 18.1 Å². The minimum Gasteiger partial charge on any atom is -0.456 e. The summed E-state index contributed by atoms with van der Waals surface area (Å²) < 4.78 is 9.64. The van der Waals surface area contributed by atoms with E-state index >= 15 is 0 Å². The lowest BCUT2D eigenvalue weighted by atomic mass is 10.5. The van der Waals surface area contributed by atoms with E-state index < -0.39 is 5.97 Å². The molecule has 76 valence electrons. The lowest BCUT2D eigenvalue weighted by Crippen LogP contribution is -1.99. The molecule has 3 heteroatoms. The van der Waals surface area contributed by atoms with Gasteiger partial charge in [0.15, 0.2) is 0 Å². The number of allylic oxidation sites excluding steroid dienone is 1. The van der Waals surface area contributed by atoms with E-state index in [9.17, 15) is 4.79 Å². The summed E-state index contributed by atoms with van der Waals surface area (Å²) in [5, 5.41) is 0. The first-order valence-corrected chi connectivity index (χ1v) is 4.33. The molecule has 0 unspecified atom stereocenters. The van der Waals surface area contributed by atoms with Gasteiger partial charge in [0.2, 0.25) is 0 Å². The van der Waals surface area contributed by atoms with Gasteiger partial charge < -0.3 is 9.47 Å². The van der Waals surface area contributed by atoms with Crippen molar-refractivity contribution in [2.24, 2.45) is 0 Å². The van der Waals surface area contributed by atoms with Crippen LogP contribution in [0.1, 0.15) is 6.92 Å². The highest BCUT2D eigenvalue weighted by atomic mass is 16.5. The molecule has 0 spiro atoms. The molecule has 0 bridgehead atoms. The summed E-state index contributed by atoms with van der Waals surface area (Å²) >= 11 is 0. The lowest BCUT2D eigenvalue weighted by Gasteiger charge is -1.91. The van der Waals surface area contributed by atoms with E-state index in [4.69, 9.17) is 4.74 Å². The molecule has 0 saturated heterocycles. The van der Waals surface area contributed by atoms with Crippen LogP contribution >= 0.6 is 0 Å². The topological polar surface area (TPSA) is 35.5 Å². The van der Waals surface area contributed by atoms with E-state index in [1.54, 1.807) is 25.2 Å². The molecule has 0 saturated carbocycles. The second-order valence-electron chi connectivity index (χ2n) is 2.22. The van der Waals surface area contributed by atoms with E-state index in [0.29, 0.717) is 19.8 Å². The predicted molar refractivity (Wildman–Crippen MR) is 54.6 cm³/mol. The highest BCUT2D eigenvalue weighted by molar-refractivity contribution is 5.88. The van der Waals surface area contributed by atoms with Gasteiger partial charge in [-0.3, -0.25) is 0 Å². The van der Waals surface area contributed by atoms with Crippen molar-refractivity contribution in [2.75, 3.05) is 19.8 Å². The fraction of sp³-hybridized carbons (Fsp3) is 0.364. The molecule has 0 N–H and O–H groups in total. The maximum Gasteiger partial charge on any atom is 0.384 e. The summed E-state index contributed by atoms with van der Waals surface area (Å²) in [7, 11) is 0. The minimum atomic E-state index is -0.510. The van der Waals surface area contributed by atoms with Crippen LogP contribution in [0.3, 0.4) is 0 Å². The zero-order valence-corrected chi connectivity index (χ0v) is 8.29. The quantitative estimate of drug-likeness (QED) is 0.218. The summed E-state index contributed by atoms with van der Waals surface area (Å²) in [4.78, 5) is 10.7. The molecule has 0 aromatic carbocycles. The Morgan fingerprint density at radius 1 is 1.50 bits per heavy atom. The Morgan fingerprint density at radius 3 is 2.93 bits per heavy atom. The minimum absolute atomic E-state index is 0.347. The normalized spacial score (nSPS) is 9.21. The van der Waals surface area contributed by atoms with Crippen LogP contribution < -0.4 is 0 Å². The fourth-order valence-electron chi connectivity index (χ4n) is 0.594. The maximum atomic E-state index is 10.7. The van der Waals surface area contributed by atoms with E-state index in [0.717, 1.165) is 0 Å². The highest BCUT2D eigenvalue weighted by Gasteiger charge is 1.89. The Labute approximate surface area is 84.4 Å². The van der Waals surface area contributed by atoms with Crippen molar-refractivity contribution in [3.05, 3.63) is 24.8 Å². The summed E-state index contributed by atoms with van der Waals surface area (Å²) in [6, 6.07) is 0. The number of hydrogen-bond acceptors (Lipinski definition) is 3. The van der Waals surface area contributed by atoms with Gasteiger partial charge in [0.25, 0.3) is 0 Å². The van der Waals surface area contributed by atoms with Gasteiger partial charge in [0.05, 0.1) is 19.8 Å². The van der Waals surface area contributed by atoms with Crippen LogP contribution in [0.4, 0.5) is 0 Å². The van der Waals surface area contributed by atoms with Gasteiger partial charge in [0.1, 0.15) is 0 Å². The zero-order valence-electron chi connectivity index (χ0n) is 8.29. The second-order valence-corrected chi connectivity index (χ2v) is 2.22. The van der Waals surface area contributed by atoms with Crippen LogP contribution in [0.15, 0.2) is 24.8 Å². The summed E-state index contributed by atoms with van der Waals surface area (Å²) in [6.07, 6.45) is 4.94. The van der Waals surface area contributed by atoms with Crippen LogP contribution in [0.2, 0.25) is 0 Å². The third-order valence-corrected chi connectivity index (χ3v) is 1.10. The van der Waals surface area contributed by atoms with E-state index in [2.05, 4.69) is 23.2 Å². The smallest absolute Gasteiger partial charge is 0.384 e. The molecule has 0 aliphatic carbocycles. The predicted octanol–water partition coefficient (Wildman–Crippen LogP) is 1.31. The molecule has 0 aromatic rings. The molecule has 14 heavy (non-hydrogen) atoms. The van der Waals surface area contributed by atoms with Crippen LogP contribution in [0.5, 0.6) is 0 Å². The van der Waals surface area contributed by atoms with Gasteiger partial charge in [-0.2, -0.15) is 0 Å². The van der Waals surface area contributed by atoms with Gasteiger partial charge in [0, 0.05) is 5.92 Å². The Bertz CT molecular complexity index is 255. The first-order chi connectivity index (χ1) is 6.81. The summed E-state index contributed by atoms with van der Waals surface area (Å²) in [6.45, 7) is 6.55. The van der Waals surface area contributed by atoms with Crippen LogP contribution in [0, 0.1) is 11.8 Å². The van der Waals surface area contributed by atoms with E-state index in [1.807, 2.05) is 0 Å². The molecule has 0 amide bonds. The van der Waals surface area contributed by atoms with Gasteiger partial charge in [-0.25, -0.2) is 4.79 Å². The number of carbonyl (C=O) groups excluding carboxylic acids is 1. The van der Waals surface area contributed by atoms with Crippen molar-refractivity contribution < 1.29 is 14.3 Å². The molecule has 0 rings (SSSR count). The van der Waals surface area contributed by atoms with Crippen molar-refractivity contribution in [3.63, 3.8) is 0 Å². The monoisotopic (exact) mass is 194 g/mol. The summed E-state index contributed by atoms with van der Waals surface area (Å²) in [5.74, 6) is 4.33. The van der Waals surface area contributed by atoms with Crippen molar-refractivity contribution in [1.29, 1.82) is 0 Å². The number of carbonyl (C=O) groups is 1. The molecule has 0 radical (unpaired) electrons. The summed E-state index contributed by atoms with van der Waals surface area (Å²) in [5.41, 5.74) is 0. The largest absolute Gasteiger partial charge is 0.456 e. The second kappa shape index (κ2) is 9.56. The van der Waals surface area contributed by atoms with Crippen molar-refractivity contribution in [1.82, 2.24) is 0 Å². The Kier molecular flexibility index (Phi) is 8.51. The number of rotatable bonds is 5. The molecular formula is C11H14O3. The Morgan fingerprint density at radius 2 is 2.29 bits per heavy atom. The number of hydrogen-bond donors (Lipinski definition) is 0. The molecule has 3 nitrogen and oxygen atoms in total. The first-order valence-electron chi connectivity index (χ1n) is 4.33. The Hall–Kier alpha value is -1.53. The average Bonchev–Trinajstić information content (AvgIpc) is 2.17. The van der Waals surface area contributed by atoms with Crippen LogP contribution in [-0.4, -0.2) is 25.8 Å². The molecular weight excluding hydrogens is 180 g/mol. The fourth-order valence-corrected chi connectivity index (χ4v) is 0.594. The van der Waals surface area contributed by atoms with E-state index in [1.165, 1.54) is 0 Å². The third-order valence-electron chi connectivity index (χ3n) is 1.10. The highest BCUT2D eigenvalue weighted by Crippen LogP contribution is 1.78. The lowest BCUT2D eigenvalue weighted by molar-refractivity contribution is -0.136. The molecule has 0 heterocycles. The third kappa shape index (κ3) is 8.57. The van der Waals surface area contributed by atoms with Crippen molar-refractivity contribution >= 4 is 5.97 Å². The first kappa shape index (κ1) is 12.5. The van der Waals surface area contributed by atoms with Gasteiger partial charge >= 0.3 is 5.97 Å². The SMILES string of the molecule is C=CCOC/C=C/C#CC(=O)OCC. The Balaban J connectivity index is 3.58. The molecule has 0 aliphatic rings. The van der Waals surface area contributed by atoms with Gasteiger partial charge in [-0.15, -0.1) is 6.58 Å². The molecule has 0 fully saturated rings. The zero-order chi connectivity index (χ0) is 10.6. The maximum absolute atomic E-state index is 10.7. The standard InChI is InChI=1S/C11H14O3/c1-3-9-13-10-7-5-6-8-11(12)14-4-2/h3,5,7H,1,4,9-10H2,2H3/b7-5+. The molecule has 0 aromatic heterocycles. The van der Waals surface area contributed by atoms with E-state index in [-0.39, 0.29) is 0 Å². The number of esters is 1. The van der Waals surface area contributed by atoms with Crippen LogP contribution in [-0.2, 0) is 14.3 Å². The average molecular weight is 194 g/mol. The molecule has 0 aliphatic heterocycles. The van der Waals surface area contributed by atoms with Crippen LogP contribution in [0.25, 0.3) is 0 Å².